The largest absolute Gasteiger partial charge is 0.419 e. The number of pyridine rings is 1. The van der Waals surface area contributed by atoms with Crippen LogP contribution in [-0.4, -0.2) is 24.7 Å². The van der Waals surface area contributed by atoms with E-state index < -0.39 is 11.7 Å². The van der Waals surface area contributed by atoms with Gasteiger partial charge in [-0.25, -0.2) is 4.98 Å². The molecule has 1 heterocycles. The number of hydrogen-bond donors (Lipinski definition) is 1. The van der Waals surface area contributed by atoms with E-state index in [1.165, 1.54) is 6.20 Å². The average Bonchev–Trinajstić information content (AvgIpc) is 2.38. The Morgan fingerprint density at radius 2 is 2.00 bits per heavy atom. The molecule has 0 amide bonds. The topological polar surface area (TPSA) is 34.1 Å². The lowest BCUT2D eigenvalue weighted by atomic mass is 10.2. The number of ether oxygens (including phenoxy) is 1. The zero-order valence-electron chi connectivity index (χ0n) is 11.3. The quantitative estimate of drug-likeness (QED) is 0.698. The van der Waals surface area contributed by atoms with E-state index in [1.807, 2.05) is 0 Å². The lowest BCUT2D eigenvalue weighted by molar-refractivity contribution is -0.137. The molecule has 0 fully saturated rings. The van der Waals surface area contributed by atoms with Crippen LogP contribution in [0, 0.1) is 0 Å². The Labute approximate surface area is 125 Å². The second-order valence-electron chi connectivity index (χ2n) is 4.29. The first-order valence-corrected chi connectivity index (χ1v) is 7.28. The Balaban J connectivity index is 2.44. The molecule has 0 aliphatic rings. The number of nitrogens with zero attached hydrogens (tertiary/aromatic N) is 1. The predicted octanol–water partition coefficient (Wildman–Crippen LogP) is 4.48. The molecular weight excluding hydrogens is 337 g/mol. The fraction of sp³-hybridized carbons (Fsp3) is 0.615. The maximum atomic E-state index is 12.8. The van der Waals surface area contributed by atoms with Crippen molar-refractivity contribution in [3.63, 3.8) is 0 Å². The first-order chi connectivity index (χ1) is 9.45. The van der Waals surface area contributed by atoms with Crippen LogP contribution in [0.5, 0.6) is 0 Å². The third-order valence-electron chi connectivity index (χ3n) is 2.56. The highest BCUT2D eigenvalue weighted by Gasteiger charge is 2.34. The van der Waals surface area contributed by atoms with Gasteiger partial charge in [-0.05, 0) is 34.8 Å². The van der Waals surface area contributed by atoms with Crippen molar-refractivity contribution in [1.82, 2.24) is 4.98 Å². The zero-order chi connectivity index (χ0) is 15.0. The summed E-state index contributed by atoms with van der Waals surface area (Å²) in [5.41, 5.74) is -0.765. The smallest absolute Gasteiger partial charge is 0.381 e. The normalized spacial score (nSPS) is 11.7. The molecular formula is C13H18BrF3N2O. The lowest BCUT2D eigenvalue weighted by Gasteiger charge is -2.13. The van der Waals surface area contributed by atoms with E-state index in [1.54, 1.807) is 0 Å². The zero-order valence-corrected chi connectivity index (χ0v) is 12.9. The Morgan fingerprint density at radius 3 is 2.65 bits per heavy atom. The molecule has 1 N–H and O–H groups in total. The van der Waals surface area contributed by atoms with Crippen LogP contribution >= 0.6 is 15.9 Å². The maximum absolute atomic E-state index is 12.8. The van der Waals surface area contributed by atoms with Gasteiger partial charge in [0.25, 0.3) is 0 Å². The molecule has 0 atom stereocenters. The van der Waals surface area contributed by atoms with Gasteiger partial charge in [0, 0.05) is 30.4 Å². The van der Waals surface area contributed by atoms with Crippen molar-refractivity contribution >= 4 is 21.7 Å². The van der Waals surface area contributed by atoms with Gasteiger partial charge >= 0.3 is 6.18 Å². The van der Waals surface area contributed by atoms with Crippen molar-refractivity contribution in [3.05, 3.63) is 22.3 Å². The first kappa shape index (κ1) is 17.2. The van der Waals surface area contributed by atoms with Crippen molar-refractivity contribution in [2.75, 3.05) is 25.1 Å². The van der Waals surface area contributed by atoms with Crippen LogP contribution < -0.4 is 5.32 Å². The number of nitrogens with one attached hydrogen (secondary N) is 1. The number of halogens is 4. The molecule has 1 rings (SSSR count). The fourth-order valence-corrected chi connectivity index (χ4v) is 1.86. The summed E-state index contributed by atoms with van der Waals surface area (Å²) in [6.07, 6.45) is -0.374. The van der Waals surface area contributed by atoms with Gasteiger partial charge in [-0.1, -0.05) is 13.3 Å². The van der Waals surface area contributed by atoms with Gasteiger partial charge in [-0.3, -0.25) is 0 Å². The van der Waals surface area contributed by atoms with Gasteiger partial charge in [-0.15, -0.1) is 0 Å². The highest BCUT2D eigenvalue weighted by molar-refractivity contribution is 9.10. The number of anilines is 1. The molecule has 0 saturated heterocycles. The summed E-state index contributed by atoms with van der Waals surface area (Å²) in [7, 11) is 0. The highest BCUT2D eigenvalue weighted by atomic mass is 79.9. The number of alkyl halides is 3. The van der Waals surface area contributed by atoms with Crippen LogP contribution in [0.3, 0.4) is 0 Å². The molecule has 0 aromatic carbocycles. The third kappa shape index (κ3) is 6.09. The van der Waals surface area contributed by atoms with E-state index in [2.05, 4.69) is 33.2 Å². The summed E-state index contributed by atoms with van der Waals surface area (Å²) in [4.78, 5) is 3.77. The number of hydrogen-bond acceptors (Lipinski definition) is 3. The van der Waals surface area contributed by atoms with Gasteiger partial charge in [0.05, 0.1) is 5.56 Å². The molecule has 0 saturated carbocycles. The lowest BCUT2D eigenvalue weighted by Crippen LogP contribution is -2.14. The van der Waals surface area contributed by atoms with Gasteiger partial charge in [0.1, 0.15) is 5.82 Å². The monoisotopic (exact) mass is 354 g/mol. The van der Waals surface area contributed by atoms with Gasteiger partial charge in [0.2, 0.25) is 0 Å². The minimum atomic E-state index is -4.42. The van der Waals surface area contributed by atoms with E-state index in [0.717, 1.165) is 18.9 Å². The molecule has 20 heavy (non-hydrogen) atoms. The average molecular weight is 355 g/mol. The third-order valence-corrected chi connectivity index (χ3v) is 2.99. The van der Waals surface area contributed by atoms with Gasteiger partial charge in [-0.2, -0.15) is 13.2 Å². The molecule has 7 heteroatoms. The number of unbranched alkanes of at least 4 members (excludes halogenated alkanes) is 1. The first-order valence-electron chi connectivity index (χ1n) is 6.49. The van der Waals surface area contributed by atoms with Gasteiger partial charge < -0.3 is 10.1 Å². The Morgan fingerprint density at radius 1 is 1.30 bits per heavy atom. The SMILES string of the molecule is CCCCOCCCNc1ncc(Br)cc1C(F)(F)F. The molecule has 1 aromatic heterocycles. The van der Waals surface area contributed by atoms with Crippen molar-refractivity contribution in [3.8, 4) is 0 Å². The van der Waals surface area contributed by atoms with Crippen LogP contribution in [-0.2, 0) is 10.9 Å². The fourth-order valence-electron chi connectivity index (χ4n) is 1.53. The molecule has 0 unspecified atom stereocenters. The summed E-state index contributed by atoms with van der Waals surface area (Å²) in [6.45, 7) is 3.69. The highest BCUT2D eigenvalue weighted by Crippen LogP contribution is 2.35. The van der Waals surface area contributed by atoms with E-state index in [0.29, 0.717) is 30.7 Å². The molecule has 0 bridgehead atoms. The summed E-state index contributed by atoms with van der Waals surface area (Å²) in [6, 6.07) is 1.02. The van der Waals surface area contributed by atoms with E-state index in [4.69, 9.17) is 4.74 Å². The van der Waals surface area contributed by atoms with Crippen LogP contribution in [0.4, 0.5) is 19.0 Å². The van der Waals surface area contributed by atoms with Crippen LogP contribution in [0.25, 0.3) is 0 Å². The minimum absolute atomic E-state index is 0.144. The summed E-state index contributed by atoms with van der Waals surface area (Å²) >= 11 is 3.00. The summed E-state index contributed by atoms with van der Waals surface area (Å²) in [5.74, 6) is -0.144. The maximum Gasteiger partial charge on any atom is 0.419 e. The van der Waals surface area contributed by atoms with Crippen LogP contribution in [0.1, 0.15) is 31.7 Å². The van der Waals surface area contributed by atoms with Crippen molar-refractivity contribution < 1.29 is 17.9 Å². The Hall–Kier alpha value is -0.820. The molecule has 3 nitrogen and oxygen atoms in total. The predicted molar refractivity (Wildman–Crippen MR) is 75.8 cm³/mol. The van der Waals surface area contributed by atoms with E-state index >= 15 is 0 Å². The standard InChI is InChI=1S/C13H18BrF3N2O/c1-2-3-6-20-7-4-5-18-12-11(13(15,16)17)8-10(14)9-19-12/h8-9H,2-7H2,1H3,(H,18,19). The summed E-state index contributed by atoms with van der Waals surface area (Å²) in [5, 5.41) is 2.71. The summed E-state index contributed by atoms with van der Waals surface area (Å²) < 4.78 is 44.1. The second-order valence-corrected chi connectivity index (χ2v) is 5.21. The molecule has 0 aliphatic heterocycles. The van der Waals surface area contributed by atoms with Crippen molar-refractivity contribution in [2.24, 2.45) is 0 Å². The van der Waals surface area contributed by atoms with E-state index in [-0.39, 0.29) is 5.82 Å². The number of rotatable bonds is 8. The van der Waals surface area contributed by atoms with Crippen molar-refractivity contribution in [1.29, 1.82) is 0 Å². The molecule has 114 valence electrons. The van der Waals surface area contributed by atoms with Crippen LogP contribution in [0.2, 0.25) is 0 Å². The Bertz CT molecular complexity index is 413. The van der Waals surface area contributed by atoms with Gasteiger partial charge in [0.15, 0.2) is 0 Å². The van der Waals surface area contributed by atoms with Crippen molar-refractivity contribution in [2.45, 2.75) is 32.4 Å². The van der Waals surface area contributed by atoms with Crippen LogP contribution in [0.15, 0.2) is 16.7 Å². The Kier molecular flexibility index (Phi) is 7.29. The molecule has 0 radical (unpaired) electrons. The molecule has 0 aliphatic carbocycles. The molecule has 1 aromatic rings. The van der Waals surface area contributed by atoms with E-state index in [9.17, 15) is 13.2 Å². The second kappa shape index (κ2) is 8.46. The molecule has 0 spiro atoms. The minimum Gasteiger partial charge on any atom is -0.381 e. The number of aromatic nitrogens is 1.